The first-order chi connectivity index (χ1) is 9.02. The Labute approximate surface area is 110 Å². The zero-order valence-electron chi connectivity index (χ0n) is 10.6. The summed E-state index contributed by atoms with van der Waals surface area (Å²) < 4.78 is 13.6. The minimum absolute atomic E-state index is 0.0311. The topological polar surface area (TPSA) is 87.7 Å². The highest BCUT2D eigenvalue weighted by Crippen LogP contribution is 2.32. The van der Waals surface area contributed by atoms with Crippen LogP contribution in [0.4, 0.5) is 4.39 Å². The highest BCUT2D eigenvalue weighted by Gasteiger charge is 2.35. The van der Waals surface area contributed by atoms with Gasteiger partial charge >= 0.3 is 0 Å². The molecule has 0 radical (unpaired) electrons. The van der Waals surface area contributed by atoms with Gasteiger partial charge in [0.05, 0.1) is 11.6 Å². The number of amidine groups is 1. The maximum absolute atomic E-state index is 13.6. The molecule has 4 N–H and O–H groups in total. The zero-order chi connectivity index (χ0) is 14.0. The monoisotopic (exact) mass is 265 g/mol. The van der Waals surface area contributed by atoms with E-state index in [0.717, 1.165) is 18.4 Å². The van der Waals surface area contributed by atoms with Crippen molar-refractivity contribution in [3.05, 3.63) is 35.1 Å². The number of hydrogen-bond acceptors (Lipinski definition) is 3. The molecule has 1 amide bonds. The van der Waals surface area contributed by atoms with E-state index in [1.165, 1.54) is 12.1 Å². The van der Waals surface area contributed by atoms with Crippen LogP contribution in [0.15, 0.2) is 23.4 Å². The number of benzene rings is 1. The lowest BCUT2D eigenvalue weighted by Gasteiger charge is -2.17. The molecule has 1 atom stereocenters. The van der Waals surface area contributed by atoms with Gasteiger partial charge in [-0.25, -0.2) is 4.39 Å². The lowest BCUT2D eigenvalue weighted by molar-refractivity contribution is 0.0938. The lowest BCUT2D eigenvalue weighted by atomic mass is 10.1. The minimum atomic E-state index is -0.586. The summed E-state index contributed by atoms with van der Waals surface area (Å²) in [5.74, 6) is -1.03. The number of oxime groups is 1. The Morgan fingerprint density at radius 2 is 2.26 bits per heavy atom. The molecule has 6 heteroatoms. The maximum Gasteiger partial charge on any atom is 0.254 e. The van der Waals surface area contributed by atoms with Crippen molar-refractivity contribution in [2.45, 2.75) is 25.8 Å². The molecule has 5 nitrogen and oxygen atoms in total. The third kappa shape index (κ3) is 3.01. The summed E-state index contributed by atoms with van der Waals surface area (Å²) in [7, 11) is 0. The molecule has 0 bridgehead atoms. The van der Waals surface area contributed by atoms with Crippen LogP contribution in [0.5, 0.6) is 0 Å². The lowest BCUT2D eigenvalue weighted by Crippen LogP contribution is -2.46. The fraction of sp³-hybridized carbons (Fsp3) is 0.385. The molecule has 1 aromatic rings. The summed E-state index contributed by atoms with van der Waals surface area (Å²) in [6, 6.07) is 3.77. The highest BCUT2D eigenvalue weighted by atomic mass is 19.1. The van der Waals surface area contributed by atoms with Gasteiger partial charge in [0, 0.05) is 0 Å². The number of aryl methyl sites for hydroxylation is 1. The van der Waals surface area contributed by atoms with Crippen molar-refractivity contribution in [1.82, 2.24) is 5.32 Å². The zero-order valence-corrected chi connectivity index (χ0v) is 10.6. The summed E-state index contributed by atoms with van der Waals surface area (Å²) in [5, 5.41) is 14.2. The molecule has 102 valence electrons. The highest BCUT2D eigenvalue weighted by molar-refractivity contribution is 5.98. The van der Waals surface area contributed by atoms with Crippen LogP contribution in [0.3, 0.4) is 0 Å². The number of halogens is 1. The quantitative estimate of drug-likeness (QED) is 0.333. The minimum Gasteiger partial charge on any atom is -0.409 e. The number of nitrogens with one attached hydrogen (secondary N) is 1. The van der Waals surface area contributed by atoms with Crippen molar-refractivity contribution < 1.29 is 14.4 Å². The molecule has 0 heterocycles. The van der Waals surface area contributed by atoms with E-state index in [1.54, 1.807) is 13.0 Å². The van der Waals surface area contributed by atoms with Crippen molar-refractivity contribution in [1.29, 1.82) is 0 Å². The van der Waals surface area contributed by atoms with Crippen LogP contribution in [0.25, 0.3) is 0 Å². The van der Waals surface area contributed by atoms with E-state index < -0.39 is 17.8 Å². The molecular formula is C13H16FN3O2. The molecule has 0 spiro atoms. The van der Waals surface area contributed by atoms with Gasteiger partial charge in [-0.05, 0) is 37.8 Å². The van der Waals surface area contributed by atoms with E-state index in [2.05, 4.69) is 10.5 Å². The SMILES string of the molecule is Cc1ccc(F)c(C(=O)NC(C(N)=NO)C2CC2)c1. The first-order valence-corrected chi connectivity index (χ1v) is 6.07. The van der Waals surface area contributed by atoms with Crippen LogP contribution in [-0.4, -0.2) is 23.0 Å². The average Bonchev–Trinajstić information content (AvgIpc) is 3.22. The molecular weight excluding hydrogens is 249 g/mol. The number of nitrogens with zero attached hydrogens (tertiary/aromatic N) is 1. The third-order valence-corrected chi connectivity index (χ3v) is 3.18. The second-order valence-electron chi connectivity index (χ2n) is 4.80. The number of amides is 1. The Morgan fingerprint density at radius 1 is 1.58 bits per heavy atom. The number of carbonyl (C=O) groups excluding carboxylic acids is 1. The van der Waals surface area contributed by atoms with Gasteiger partial charge in [0.1, 0.15) is 5.82 Å². The van der Waals surface area contributed by atoms with E-state index in [0.29, 0.717) is 0 Å². The van der Waals surface area contributed by atoms with Gasteiger partial charge in [0.2, 0.25) is 0 Å². The second kappa shape index (κ2) is 5.26. The van der Waals surface area contributed by atoms with E-state index >= 15 is 0 Å². The predicted molar refractivity (Wildman–Crippen MR) is 68.5 cm³/mol. The van der Waals surface area contributed by atoms with Gasteiger partial charge < -0.3 is 16.3 Å². The van der Waals surface area contributed by atoms with Gasteiger partial charge in [-0.3, -0.25) is 4.79 Å². The van der Waals surface area contributed by atoms with Gasteiger partial charge in [-0.1, -0.05) is 16.8 Å². The van der Waals surface area contributed by atoms with E-state index in [1.807, 2.05) is 0 Å². The van der Waals surface area contributed by atoms with Gasteiger partial charge in [-0.15, -0.1) is 0 Å². The maximum atomic E-state index is 13.6. The Kier molecular flexibility index (Phi) is 3.69. The van der Waals surface area contributed by atoms with Crippen molar-refractivity contribution in [3.8, 4) is 0 Å². The number of carbonyl (C=O) groups is 1. The molecule has 1 aromatic carbocycles. The molecule has 19 heavy (non-hydrogen) atoms. The Bertz CT molecular complexity index is 527. The smallest absolute Gasteiger partial charge is 0.254 e. The number of nitrogens with two attached hydrogens (primary N) is 1. The van der Waals surface area contributed by atoms with Crippen LogP contribution in [-0.2, 0) is 0 Å². The Hall–Kier alpha value is -2.11. The van der Waals surface area contributed by atoms with Crippen LogP contribution < -0.4 is 11.1 Å². The van der Waals surface area contributed by atoms with Crippen molar-refractivity contribution in [3.63, 3.8) is 0 Å². The normalized spacial score (nSPS) is 17.1. The fourth-order valence-electron chi connectivity index (χ4n) is 1.96. The number of rotatable bonds is 4. The average molecular weight is 265 g/mol. The van der Waals surface area contributed by atoms with Gasteiger partial charge in [0.15, 0.2) is 5.84 Å². The summed E-state index contributed by atoms with van der Waals surface area (Å²) in [6.45, 7) is 1.78. The number of hydrogen-bond donors (Lipinski definition) is 3. The summed E-state index contributed by atoms with van der Waals surface area (Å²) in [4.78, 5) is 12.0. The molecule has 0 saturated heterocycles. The largest absolute Gasteiger partial charge is 0.409 e. The standard InChI is InChI=1S/C13H16FN3O2/c1-7-2-5-10(14)9(6-7)13(18)16-11(8-3-4-8)12(15)17-19/h2,5-6,8,11,19H,3-4H2,1H3,(H2,15,17)(H,16,18). The van der Waals surface area contributed by atoms with Gasteiger partial charge in [0.25, 0.3) is 5.91 Å². The molecule has 0 aliphatic heterocycles. The van der Waals surface area contributed by atoms with Crippen molar-refractivity contribution in [2.75, 3.05) is 0 Å². The first kappa shape index (κ1) is 13.3. The Morgan fingerprint density at radius 3 is 2.84 bits per heavy atom. The molecule has 1 fully saturated rings. The van der Waals surface area contributed by atoms with Crippen LogP contribution in [0, 0.1) is 18.7 Å². The third-order valence-electron chi connectivity index (χ3n) is 3.18. The summed E-state index contributed by atoms with van der Waals surface area (Å²) >= 11 is 0. The van der Waals surface area contributed by atoms with Crippen LogP contribution in [0.2, 0.25) is 0 Å². The van der Waals surface area contributed by atoms with Crippen LogP contribution in [0.1, 0.15) is 28.8 Å². The molecule has 1 aliphatic carbocycles. The van der Waals surface area contributed by atoms with E-state index in [4.69, 9.17) is 10.9 Å². The molecule has 0 aromatic heterocycles. The predicted octanol–water partition coefficient (Wildman–Crippen LogP) is 1.39. The Balaban J connectivity index is 2.17. The summed E-state index contributed by atoms with van der Waals surface area (Å²) in [5.41, 5.74) is 6.30. The van der Waals surface area contributed by atoms with Crippen molar-refractivity contribution >= 4 is 11.7 Å². The second-order valence-corrected chi connectivity index (χ2v) is 4.80. The van der Waals surface area contributed by atoms with Gasteiger partial charge in [-0.2, -0.15) is 0 Å². The molecule has 2 rings (SSSR count). The van der Waals surface area contributed by atoms with Crippen LogP contribution >= 0.6 is 0 Å². The van der Waals surface area contributed by atoms with Crippen molar-refractivity contribution in [2.24, 2.45) is 16.8 Å². The molecule has 1 saturated carbocycles. The molecule has 1 unspecified atom stereocenters. The van der Waals surface area contributed by atoms with E-state index in [-0.39, 0.29) is 17.3 Å². The van der Waals surface area contributed by atoms with E-state index in [9.17, 15) is 9.18 Å². The summed E-state index contributed by atoms with van der Waals surface area (Å²) in [6.07, 6.45) is 1.80. The first-order valence-electron chi connectivity index (χ1n) is 6.07. The molecule has 1 aliphatic rings. The fourth-order valence-corrected chi connectivity index (χ4v) is 1.96.